The Morgan fingerprint density at radius 1 is 1.12 bits per heavy atom. The van der Waals surface area contributed by atoms with E-state index >= 15 is 0 Å². The fourth-order valence-corrected chi connectivity index (χ4v) is 5.37. The average Bonchev–Trinajstić information content (AvgIpc) is 3.17. The number of hydrogen-bond donors (Lipinski definition) is 0. The summed E-state index contributed by atoms with van der Waals surface area (Å²) in [6.45, 7) is 1.76. The van der Waals surface area contributed by atoms with E-state index in [0.29, 0.717) is 4.75 Å². The Labute approximate surface area is 146 Å². The molecule has 1 aromatic carbocycles. The summed E-state index contributed by atoms with van der Waals surface area (Å²) in [7, 11) is 0. The minimum absolute atomic E-state index is 0.158. The summed E-state index contributed by atoms with van der Waals surface area (Å²) in [4.78, 5) is 15.0. The highest BCUT2D eigenvalue weighted by atomic mass is 32.2. The van der Waals surface area contributed by atoms with Gasteiger partial charge >= 0.3 is 0 Å². The van der Waals surface area contributed by atoms with Gasteiger partial charge in [-0.05, 0) is 37.1 Å². The van der Waals surface area contributed by atoms with E-state index in [1.807, 2.05) is 24.3 Å². The Hall–Kier alpha value is -1.82. The van der Waals surface area contributed by atoms with Crippen LogP contribution in [0.15, 0.2) is 36.7 Å². The van der Waals surface area contributed by atoms with Crippen LogP contribution in [-0.4, -0.2) is 49.4 Å². The van der Waals surface area contributed by atoms with Crippen LogP contribution in [0.4, 0.5) is 0 Å². The van der Waals surface area contributed by atoms with E-state index in [9.17, 15) is 4.79 Å². The lowest BCUT2D eigenvalue weighted by Crippen LogP contribution is -2.49. The third-order valence-corrected chi connectivity index (χ3v) is 6.64. The molecule has 1 aromatic heterocycles. The van der Waals surface area contributed by atoms with Crippen molar-refractivity contribution in [1.29, 1.82) is 0 Å². The molecule has 0 atom stereocenters. The average molecular weight is 342 g/mol. The molecule has 1 amide bonds. The molecule has 4 rings (SSSR count). The van der Waals surface area contributed by atoms with Crippen molar-refractivity contribution in [1.82, 2.24) is 19.9 Å². The molecule has 0 bridgehead atoms. The fourth-order valence-electron chi connectivity index (χ4n) is 3.80. The molecule has 1 spiro atoms. The molecule has 5 nitrogen and oxygen atoms in total. The molecule has 6 heteroatoms. The van der Waals surface area contributed by atoms with Crippen molar-refractivity contribution in [3.63, 3.8) is 0 Å². The molecule has 1 saturated carbocycles. The van der Waals surface area contributed by atoms with Gasteiger partial charge in [-0.15, -0.1) is 5.10 Å². The summed E-state index contributed by atoms with van der Waals surface area (Å²) < 4.78 is 2.01. The first-order valence-electron chi connectivity index (χ1n) is 8.66. The number of thioether (sulfide) groups is 1. The molecular formula is C18H22N4OS. The maximum absolute atomic E-state index is 12.9. The number of amides is 1. The first-order valence-corrected chi connectivity index (χ1v) is 9.64. The van der Waals surface area contributed by atoms with E-state index < -0.39 is 0 Å². The maximum Gasteiger partial charge on any atom is 0.253 e. The molecule has 126 valence electrons. The maximum atomic E-state index is 12.9. The summed E-state index contributed by atoms with van der Waals surface area (Å²) in [5, 5.41) is 7.79. The second kappa shape index (κ2) is 6.59. The second-order valence-corrected chi connectivity index (χ2v) is 8.28. The number of carbonyl (C=O) groups is 1. The lowest BCUT2D eigenvalue weighted by Gasteiger charge is -2.44. The zero-order chi connectivity index (χ0) is 16.4. The SMILES string of the molecule is O=C(c1ccc(-n2ccnn2)cc1)N1CCSC2(CCCCC2)C1. The zero-order valence-corrected chi connectivity index (χ0v) is 14.5. The van der Waals surface area contributed by atoms with Gasteiger partial charge in [0.15, 0.2) is 0 Å². The number of carbonyl (C=O) groups excluding carboxylic acids is 1. The number of benzene rings is 1. The molecular weight excluding hydrogens is 320 g/mol. The molecule has 1 aliphatic carbocycles. The molecule has 0 N–H and O–H groups in total. The van der Waals surface area contributed by atoms with E-state index in [1.54, 1.807) is 17.1 Å². The zero-order valence-electron chi connectivity index (χ0n) is 13.7. The Bertz CT molecular complexity index is 687. The Balaban J connectivity index is 1.48. The third-order valence-electron chi connectivity index (χ3n) is 5.10. The van der Waals surface area contributed by atoms with Crippen molar-refractivity contribution >= 4 is 17.7 Å². The normalized spacial score (nSPS) is 20.2. The Morgan fingerprint density at radius 2 is 1.92 bits per heavy atom. The van der Waals surface area contributed by atoms with Crippen molar-refractivity contribution in [2.24, 2.45) is 0 Å². The van der Waals surface area contributed by atoms with Gasteiger partial charge < -0.3 is 4.90 Å². The highest BCUT2D eigenvalue weighted by Crippen LogP contribution is 2.42. The number of aromatic nitrogens is 3. The van der Waals surface area contributed by atoms with E-state index in [-0.39, 0.29) is 5.91 Å². The summed E-state index contributed by atoms with van der Waals surface area (Å²) >= 11 is 2.09. The molecule has 0 unspecified atom stereocenters. The van der Waals surface area contributed by atoms with Gasteiger partial charge in [0, 0.05) is 29.2 Å². The van der Waals surface area contributed by atoms with Crippen LogP contribution in [0.2, 0.25) is 0 Å². The first kappa shape index (κ1) is 15.7. The van der Waals surface area contributed by atoms with Crippen LogP contribution in [0.25, 0.3) is 5.69 Å². The Kier molecular flexibility index (Phi) is 4.31. The molecule has 2 aromatic rings. The van der Waals surface area contributed by atoms with Crippen LogP contribution < -0.4 is 0 Å². The van der Waals surface area contributed by atoms with Crippen molar-refractivity contribution in [3.8, 4) is 5.69 Å². The van der Waals surface area contributed by atoms with Gasteiger partial charge in [-0.25, -0.2) is 4.68 Å². The van der Waals surface area contributed by atoms with E-state index in [2.05, 4.69) is 27.0 Å². The molecule has 24 heavy (non-hydrogen) atoms. The number of nitrogens with zero attached hydrogens (tertiary/aromatic N) is 4. The van der Waals surface area contributed by atoms with Crippen LogP contribution in [0, 0.1) is 0 Å². The minimum atomic E-state index is 0.158. The summed E-state index contributed by atoms with van der Waals surface area (Å²) in [6.07, 6.45) is 9.92. The predicted octanol–water partition coefficient (Wildman–Crippen LogP) is 3.16. The predicted molar refractivity (Wildman–Crippen MR) is 95.5 cm³/mol. The lowest BCUT2D eigenvalue weighted by atomic mass is 9.87. The van der Waals surface area contributed by atoms with Gasteiger partial charge in [0.25, 0.3) is 5.91 Å². The van der Waals surface area contributed by atoms with Crippen LogP contribution in [0.1, 0.15) is 42.5 Å². The quantitative estimate of drug-likeness (QED) is 0.841. The van der Waals surface area contributed by atoms with E-state index in [4.69, 9.17) is 0 Å². The Morgan fingerprint density at radius 3 is 2.62 bits per heavy atom. The van der Waals surface area contributed by atoms with Crippen LogP contribution >= 0.6 is 11.8 Å². The van der Waals surface area contributed by atoms with Crippen molar-refractivity contribution in [2.45, 2.75) is 36.9 Å². The van der Waals surface area contributed by atoms with E-state index in [0.717, 1.165) is 30.1 Å². The highest BCUT2D eigenvalue weighted by Gasteiger charge is 2.38. The smallest absolute Gasteiger partial charge is 0.253 e. The van der Waals surface area contributed by atoms with Gasteiger partial charge in [-0.1, -0.05) is 24.5 Å². The molecule has 2 heterocycles. The minimum Gasteiger partial charge on any atom is -0.336 e. The fraction of sp³-hybridized carbons (Fsp3) is 0.500. The van der Waals surface area contributed by atoms with Crippen molar-refractivity contribution < 1.29 is 4.79 Å². The van der Waals surface area contributed by atoms with Crippen LogP contribution in [0.5, 0.6) is 0 Å². The second-order valence-electron chi connectivity index (χ2n) is 6.71. The summed E-state index contributed by atoms with van der Waals surface area (Å²) in [5.74, 6) is 1.22. The monoisotopic (exact) mass is 342 g/mol. The molecule has 1 aliphatic heterocycles. The third kappa shape index (κ3) is 3.07. The molecule has 2 fully saturated rings. The first-order chi connectivity index (χ1) is 11.8. The van der Waals surface area contributed by atoms with Crippen molar-refractivity contribution in [2.75, 3.05) is 18.8 Å². The van der Waals surface area contributed by atoms with Gasteiger partial charge in [0.2, 0.25) is 0 Å². The standard InChI is InChI=1S/C18H22N4OS/c23-17(15-4-6-16(7-5-15)22-11-10-19-20-22)21-12-13-24-18(14-21)8-2-1-3-9-18/h4-7,10-11H,1-3,8-9,12-14H2. The van der Waals surface area contributed by atoms with Crippen LogP contribution in [0.3, 0.4) is 0 Å². The summed E-state index contributed by atoms with van der Waals surface area (Å²) in [6, 6.07) is 7.65. The van der Waals surface area contributed by atoms with Gasteiger partial charge in [0.05, 0.1) is 18.1 Å². The van der Waals surface area contributed by atoms with Gasteiger partial charge in [-0.3, -0.25) is 4.79 Å². The summed E-state index contributed by atoms with van der Waals surface area (Å²) in [5.41, 5.74) is 1.68. The van der Waals surface area contributed by atoms with Gasteiger partial charge in [-0.2, -0.15) is 11.8 Å². The van der Waals surface area contributed by atoms with Gasteiger partial charge in [0.1, 0.15) is 0 Å². The molecule has 1 saturated heterocycles. The topological polar surface area (TPSA) is 51.0 Å². The highest BCUT2D eigenvalue weighted by molar-refractivity contribution is 8.00. The van der Waals surface area contributed by atoms with E-state index in [1.165, 1.54) is 32.1 Å². The lowest BCUT2D eigenvalue weighted by molar-refractivity contribution is 0.0730. The molecule has 0 radical (unpaired) electrons. The molecule has 2 aliphatic rings. The van der Waals surface area contributed by atoms with Crippen molar-refractivity contribution in [3.05, 3.63) is 42.2 Å². The number of hydrogen-bond acceptors (Lipinski definition) is 4. The van der Waals surface area contributed by atoms with Crippen LogP contribution in [-0.2, 0) is 0 Å². The largest absolute Gasteiger partial charge is 0.336 e. The number of rotatable bonds is 2.